The van der Waals surface area contributed by atoms with Gasteiger partial charge < -0.3 is 9.47 Å². The molecule has 2 rings (SSSR count). The van der Waals surface area contributed by atoms with Gasteiger partial charge in [-0.05, 0) is 25.1 Å². The minimum atomic E-state index is -0.432. The van der Waals surface area contributed by atoms with Gasteiger partial charge in [-0.25, -0.2) is 4.79 Å². The van der Waals surface area contributed by atoms with E-state index in [0.29, 0.717) is 12.3 Å². The van der Waals surface area contributed by atoms with E-state index in [0.717, 1.165) is 5.69 Å². The largest absolute Gasteiger partial charge is 0.465 e. The Kier molecular flexibility index (Phi) is 4.39. The van der Waals surface area contributed by atoms with Gasteiger partial charge in [-0.2, -0.15) is 0 Å². The molecule has 0 bridgehead atoms. The number of pyridine rings is 1. The molecule has 0 saturated carbocycles. The highest BCUT2D eigenvalue weighted by Gasteiger charge is 2.05. The smallest absolute Gasteiger partial charge is 0.344 e. The van der Waals surface area contributed by atoms with E-state index in [9.17, 15) is 4.79 Å². The maximum atomic E-state index is 11.1. The summed E-state index contributed by atoms with van der Waals surface area (Å²) in [5.41, 5.74) is 1.37. The highest BCUT2D eigenvalue weighted by atomic mass is 16.6. The Morgan fingerprint density at radius 2 is 2.05 bits per heavy atom. The van der Waals surface area contributed by atoms with Crippen LogP contribution in [0.3, 0.4) is 0 Å². The number of ether oxygens (including phenoxy) is 2. The van der Waals surface area contributed by atoms with Crippen molar-refractivity contribution in [3.63, 3.8) is 0 Å². The van der Waals surface area contributed by atoms with Gasteiger partial charge >= 0.3 is 5.97 Å². The molecule has 0 N–H and O–H groups in total. The average Bonchev–Trinajstić information content (AvgIpc) is 2.47. The summed E-state index contributed by atoms with van der Waals surface area (Å²) < 4.78 is 9.88. The van der Waals surface area contributed by atoms with Gasteiger partial charge in [0, 0.05) is 12.3 Å². The second kappa shape index (κ2) is 6.44. The molecule has 0 aromatic carbocycles. The zero-order valence-electron chi connectivity index (χ0n) is 10.4. The summed E-state index contributed by atoms with van der Waals surface area (Å²) in [5, 5.41) is 7.85. The molecule has 0 fully saturated rings. The summed E-state index contributed by atoms with van der Waals surface area (Å²) >= 11 is 0. The molecular formula is C13H13N3O3. The third kappa shape index (κ3) is 3.74. The number of hydrogen-bond acceptors (Lipinski definition) is 6. The molecule has 0 atom stereocenters. The van der Waals surface area contributed by atoms with Crippen LogP contribution in [0.25, 0.3) is 11.4 Å². The van der Waals surface area contributed by atoms with Crippen molar-refractivity contribution in [2.45, 2.75) is 6.92 Å². The third-order valence-corrected chi connectivity index (χ3v) is 2.21. The van der Waals surface area contributed by atoms with Gasteiger partial charge in [0.1, 0.15) is 5.69 Å². The number of esters is 1. The molecule has 0 aliphatic carbocycles. The number of nitrogens with zero attached hydrogens (tertiary/aromatic N) is 3. The van der Waals surface area contributed by atoms with Crippen LogP contribution in [-0.4, -0.2) is 34.4 Å². The Morgan fingerprint density at radius 3 is 2.68 bits per heavy atom. The molecule has 0 amide bonds. The minimum absolute atomic E-state index is 0.175. The van der Waals surface area contributed by atoms with Crippen LogP contribution in [0.4, 0.5) is 0 Å². The van der Waals surface area contributed by atoms with E-state index in [2.05, 4.69) is 15.2 Å². The summed E-state index contributed by atoms with van der Waals surface area (Å²) in [4.78, 5) is 15.3. The van der Waals surface area contributed by atoms with Gasteiger partial charge in [0.15, 0.2) is 6.61 Å². The molecule has 0 saturated heterocycles. The first-order chi connectivity index (χ1) is 9.29. The van der Waals surface area contributed by atoms with E-state index in [1.54, 1.807) is 25.3 Å². The number of carbonyl (C=O) groups is 1. The van der Waals surface area contributed by atoms with E-state index in [-0.39, 0.29) is 12.5 Å². The van der Waals surface area contributed by atoms with Crippen LogP contribution < -0.4 is 4.74 Å². The van der Waals surface area contributed by atoms with Crippen molar-refractivity contribution in [2.75, 3.05) is 13.2 Å². The van der Waals surface area contributed by atoms with E-state index >= 15 is 0 Å². The van der Waals surface area contributed by atoms with Crippen molar-refractivity contribution in [1.82, 2.24) is 15.2 Å². The molecule has 0 spiro atoms. The highest BCUT2D eigenvalue weighted by Crippen LogP contribution is 2.14. The molecule has 98 valence electrons. The fourth-order valence-electron chi connectivity index (χ4n) is 1.38. The molecule has 2 aromatic rings. The standard InChI is InChI=1S/C13H13N3O3/c1-2-18-13(17)9-19-12-7-6-11(15-16-12)10-5-3-4-8-14-10/h3-8H,2,9H2,1H3. The van der Waals surface area contributed by atoms with Crippen molar-refractivity contribution >= 4 is 5.97 Å². The van der Waals surface area contributed by atoms with Crippen molar-refractivity contribution < 1.29 is 14.3 Å². The summed E-state index contributed by atoms with van der Waals surface area (Å²) in [6, 6.07) is 8.90. The molecule has 2 aromatic heterocycles. The van der Waals surface area contributed by atoms with Crippen molar-refractivity contribution in [3.8, 4) is 17.3 Å². The summed E-state index contributed by atoms with van der Waals surface area (Å²) in [6.07, 6.45) is 1.68. The molecule has 6 heteroatoms. The first-order valence-electron chi connectivity index (χ1n) is 5.83. The number of rotatable bonds is 5. The zero-order chi connectivity index (χ0) is 13.5. The van der Waals surface area contributed by atoms with Crippen molar-refractivity contribution in [1.29, 1.82) is 0 Å². The first-order valence-corrected chi connectivity index (χ1v) is 5.83. The SMILES string of the molecule is CCOC(=O)COc1ccc(-c2ccccn2)nn1. The average molecular weight is 259 g/mol. The van der Waals surface area contributed by atoms with Crippen LogP contribution in [0.1, 0.15) is 6.92 Å². The lowest BCUT2D eigenvalue weighted by Gasteiger charge is -2.04. The molecule has 0 aliphatic heterocycles. The lowest BCUT2D eigenvalue weighted by Crippen LogP contribution is -2.15. The van der Waals surface area contributed by atoms with Gasteiger partial charge in [0.05, 0.1) is 12.3 Å². The number of carbonyl (C=O) groups excluding carboxylic acids is 1. The Balaban J connectivity index is 1.97. The monoisotopic (exact) mass is 259 g/mol. The Hall–Kier alpha value is -2.50. The normalized spacial score (nSPS) is 9.95. The quantitative estimate of drug-likeness (QED) is 0.757. The Morgan fingerprint density at radius 1 is 1.16 bits per heavy atom. The van der Waals surface area contributed by atoms with Crippen LogP contribution in [-0.2, 0) is 9.53 Å². The van der Waals surface area contributed by atoms with E-state index in [1.165, 1.54) is 0 Å². The third-order valence-electron chi connectivity index (χ3n) is 2.21. The Bertz CT molecular complexity index is 529. The molecule has 0 aliphatic rings. The second-order valence-electron chi connectivity index (χ2n) is 3.57. The zero-order valence-corrected chi connectivity index (χ0v) is 10.4. The Labute approximate surface area is 110 Å². The van der Waals surface area contributed by atoms with Crippen LogP contribution in [0.5, 0.6) is 5.88 Å². The van der Waals surface area contributed by atoms with Gasteiger partial charge in [-0.1, -0.05) is 6.07 Å². The molecule has 0 radical (unpaired) electrons. The number of hydrogen-bond donors (Lipinski definition) is 0. The highest BCUT2D eigenvalue weighted by molar-refractivity contribution is 5.71. The molecular weight excluding hydrogens is 246 g/mol. The van der Waals surface area contributed by atoms with E-state index in [1.807, 2.05) is 18.2 Å². The predicted octanol–water partition coefficient (Wildman–Crippen LogP) is 1.48. The predicted molar refractivity (Wildman–Crippen MR) is 67.4 cm³/mol. The van der Waals surface area contributed by atoms with Gasteiger partial charge in [-0.15, -0.1) is 10.2 Å². The van der Waals surface area contributed by atoms with Crippen LogP contribution in [0.2, 0.25) is 0 Å². The maximum absolute atomic E-state index is 11.1. The van der Waals surface area contributed by atoms with Crippen LogP contribution in [0.15, 0.2) is 36.5 Å². The molecule has 6 nitrogen and oxygen atoms in total. The lowest BCUT2D eigenvalue weighted by molar-refractivity contribution is -0.145. The molecule has 2 heterocycles. The second-order valence-corrected chi connectivity index (χ2v) is 3.57. The summed E-state index contributed by atoms with van der Waals surface area (Å²) in [7, 11) is 0. The first kappa shape index (κ1) is 12.9. The van der Waals surface area contributed by atoms with Crippen molar-refractivity contribution in [3.05, 3.63) is 36.5 Å². The topological polar surface area (TPSA) is 74.2 Å². The van der Waals surface area contributed by atoms with E-state index < -0.39 is 5.97 Å². The number of aromatic nitrogens is 3. The fraction of sp³-hybridized carbons (Fsp3) is 0.231. The van der Waals surface area contributed by atoms with Crippen molar-refractivity contribution in [2.24, 2.45) is 0 Å². The maximum Gasteiger partial charge on any atom is 0.344 e. The minimum Gasteiger partial charge on any atom is -0.465 e. The van der Waals surface area contributed by atoms with Gasteiger partial charge in [0.25, 0.3) is 0 Å². The van der Waals surface area contributed by atoms with Gasteiger partial charge in [-0.3, -0.25) is 4.98 Å². The van der Waals surface area contributed by atoms with Gasteiger partial charge in [0.2, 0.25) is 5.88 Å². The summed E-state index contributed by atoms with van der Waals surface area (Å²) in [6.45, 7) is 1.89. The fourth-order valence-corrected chi connectivity index (χ4v) is 1.38. The molecule has 0 unspecified atom stereocenters. The molecule has 19 heavy (non-hydrogen) atoms. The van der Waals surface area contributed by atoms with E-state index in [4.69, 9.17) is 9.47 Å². The van der Waals surface area contributed by atoms with Crippen LogP contribution >= 0.6 is 0 Å². The van der Waals surface area contributed by atoms with Crippen LogP contribution in [0, 0.1) is 0 Å². The summed E-state index contributed by atoms with van der Waals surface area (Å²) in [5.74, 6) is -0.161. The lowest BCUT2D eigenvalue weighted by atomic mass is 10.2.